The molecule has 7 heteroatoms. The Hall–Kier alpha value is -3.53. The van der Waals surface area contributed by atoms with E-state index in [1.54, 1.807) is 35.0 Å². The van der Waals surface area contributed by atoms with Crippen LogP contribution in [0.1, 0.15) is 27.2 Å². The lowest BCUT2D eigenvalue weighted by atomic mass is 10.1. The van der Waals surface area contributed by atoms with Crippen molar-refractivity contribution in [3.8, 4) is 11.8 Å². The Kier molecular flexibility index (Phi) is 4.99. The normalized spacial score (nSPS) is 11.0. The SMILES string of the molecule is N#Cc1ccn(-c2ccccc2)c1C(=O)NCc1cccc(C(F)(F)F)c1. The van der Waals surface area contributed by atoms with E-state index in [9.17, 15) is 23.2 Å². The van der Waals surface area contributed by atoms with Crippen LogP contribution in [0, 0.1) is 11.3 Å². The van der Waals surface area contributed by atoms with E-state index in [-0.39, 0.29) is 17.8 Å². The number of hydrogen-bond donors (Lipinski definition) is 1. The number of nitrogens with zero attached hydrogens (tertiary/aromatic N) is 2. The van der Waals surface area contributed by atoms with Gasteiger partial charge in [0.25, 0.3) is 5.91 Å². The molecule has 0 spiro atoms. The monoisotopic (exact) mass is 369 g/mol. The molecule has 0 aliphatic rings. The van der Waals surface area contributed by atoms with Gasteiger partial charge in [0, 0.05) is 18.4 Å². The van der Waals surface area contributed by atoms with Crippen LogP contribution in [-0.2, 0) is 12.7 Å². The van der Waals surface area contributed by atoms with E-state index in [1.165, 1.54) is 18.2 Å². The van der Waals surface area contributed by atoms with Gasteiger partial charge in [0.15, 0.2) is 0 Å². The van der Waals surface area contributed by atoms with E-state index < -0.39 is 17.6 Å². The van der Waals surface area contributed by atoms with Gasteiger partial charge in [-0.3, -0.25) is 4.79 Å². The van der Waals surface area contributed by atoms with Crippen LogP contribution < -0.4 is 5.32 Å². The molecule has 136 valence electrons. The fourth-order valence-electron chi connectivity index (χ4n) is 2.68. The minimum atomic E-state index is -4.45. The third-order valence-electron chi connectivity index (χ3n) is 3.96. The molecule has 0 atom stereocenters. The first-order valence-corrected chi connectivity index (χ1v) is 8.01. The van der Waals surface area contributed by atoms with E-state index in [0.29, 0.717) is 11.3 Å². The predicted octanol–water partition coefficient (Wildman–Crippen LogP) is 4.30. The Labute approximate surface area is 153 Å². The van der Waals surface area contributed by atoms with E-state index in [1.807, 2.05) is 12.1 Å². The Morgan fingerprint density at radius 1 is 1.07 bits per heavy atom. The first-order valence-electron chi connectivity index (χ1n) is 8.01. The Balaban J connectivity index is 1.84. The molecule has 0 radical (unpaired) electrons. The number of benzene rings is 2. The lowest BCUT2D eigenvalue weighted by molar-refractivity contribution is -0.137. The molecule has 4 nitrogen and oxygen atoms in total. The standard InChI is InChI=1S/C20H14F3N3O/c21-20(22,23)16-6-4-5-14(11-16)13-25-19(27)18-15(12-24)9-10-26(18)17-7-2-1-3-8-17/h1-11H,13H2,(H,25,27). The van der Waals surface area contributed by atoms with Crippen LogP contribution in [-0.4, -0.2) is 10.5 Å². The molecule has 0 bridgehead atoms. The number of rotatable bonds is 4. The van der Waals surface area contributed by atoms with Crippen molar-refractivity contribution in [1.82, 2.24) is 9.88 Å². The third kappa shape index (κ3) is 4.01. The van der Waals surface area contributed by atoms with Gasteiger partial charge in [0.05, 0.1) is 11.1 Å². The highest BCUT2D eigenvalue weighted by Crippen LogP contribution is 2.29. The highest BCUT2D eigenvalue weighted by Gasteiger charge is 2.30. The molecule has 0 saturated carbocycles. The molecule has 3 aromatic rings. The van der Waals surface area contributed by atoms with Gasteiger partial charge < -0.3 is 9.88 Å². The van der Waals surface area contributed by atoms with Gasteiger partial charge in [-0.25, -0.2) is 0 Å². The summed E-state index contributed by atoms with van der Waals surface area (Å²) in [7, 11) is 0. The van der Waals surface area contributed by atoms with Crippen molar-refractivity contribution in [3.05, 3.63) is 89.2 Å². The summed E-state index contributed by atoms with van der Waals surface area (Å²) in [5, 5.41) is 11.9. The number of halogens is 3. The molecule has 1 N–H and O–H groups in total. The summed E-state index contributed by atoms with van der Waals surface area (Å²) >= 11 is 0. The van der Waals surface area contributed by atoms with Gasteiger partial charge >= 0.3 is 6.18 Å². The second-order valence-electron chi connectivity index (χ2n) is 5.78. The fraction of sp³-hybridized carbons (Fsp3) is 0.100. The first-order chi connectivity index (χ1) is 12.9. The number of nitriles is 1. The molecule has 3 rings (SSSR count). The van der Waals surface area contributed by atoms with Crippen molar-refractivity contribution in [2.45, 2.75) is 12.7 Å². The maximum absolute atomic E-state index is 12.8. The number of carbonyl (C=O) groups is 1. The molecule has 27 heavy (non-hydrogen) atoms. The molecule has 1 heterocycles. The summed E-state index contributed by atoms with van der Waals surface area (Å²) < 4.78 is 40.0. The topological polar surface area (TPSA) is 57.8 Å². The smallest absolute Gasteiger partial charge is 0.347 e. The number of carbonyl (C=O) groups excluding carboxylic acids is 1. The summed E-state index contributed by atoms with van der Waals surface area (Å²) in [4.78, 5) is 12.6. The van der Waals surface area contributed by atoms with Crippen LogP contribution in [0.15, 0.2) is 66.9 Å². The zero-order valence-electron chi connectivity index (χ0n) is 14.0. The maximum Gasteiger partial charge on any atom is 0.416 e. The predicted molar refractivity (Wildman–Crippen MR) is 93.1 cm³/mol. The molecular weight excluding hydrogens is 355 g/mol. The van der Waals surface area contributed by atoms with Crippen LogP contribution in [0.2, 0.25) is 0 Å². The van der Waals surface area contributed by atoms with Crippen molar-refractivity contribution in [2.24, 2.45) is 0 Å². The van der Waals surface area contributed by atoms with Crippen LogP contribution in [0.4, 0.5) is 13.2 Å². The molecule has 0 aliphatic heterocycles. The molecule has 1 aromatic heterocycles. The van der Waals surface area contributed by atoms with Gasteiger partial charge in [-0.05, 0) is 35.9 Å². The van der Waals surface area contributed by atoms with Crippen LogP contribution in [0.25, 0.3) is 5.69 Å². The molecule has 0 aliphatic carbocycles. The Morgan fingerprint density at radius 3 is 2.48 bits per heavy atom. The average molecular weight is 369 g/mol. The average Bonchev–Trinajstić information content (AvgIpc) is 3.10. The fourth-order valence-corrected chi connectivity index (χ4v) is 2.68. The second kappa shape index (κ2) is 7.38. The van der Waals surface area contributed by atoms with Crippen molar-refractivity contribution < 1.29 is 18.0 Å². The van der Waals surface area contributed by atoms with Crippen LogP contribution in [0.3, 0.4) is 0 Å². The van der Waals surface area contributed by atoms with Crippen LogP contribution in [0.5, 0.6) is 0 Å². The molecule has 1 amide bonds. The number of aromatic nitrogens is 1. The van der Waals surface area contributed by atoms with Gasteiger partial charge in [0.2, 0.25) is 0 Å². The van der Waals surface area contributed by atoms with Crippen molar-refractivity contribution in [3.63, 3.8) is 0 Å². The minimum absolute atomic E-state index is 0.0897. The number of alkyl halides is 3. The summed E-state index contributed by atoms with van der Waals surface area (Å²) in [6, 6.07) is 17.2. The number of hydrogen-bond acceptors (Lipinski definition) is 2. The van der Waals surface area contributed by atoms with Crippen molar-refractivity contribution in [1.29, 1.82) is 5.26 Å². The number of nitrogens with one attached hydrogen (secondary N) is 1. The van der Waals surface area contributed by atoms with E-state index >= 15 is 0 Å². The second-order valence-corrected chi connectivity index (χ2v) is 5.78. The highest BCUT2D eigenvalue weighted by molar-refractivity contribution is 5.95. The summed E-state index contributed by atoms with van der Waals surface area (Å²) in [6.07, 6.45) is -2.84. The molecule has 0 unspecified atom stereocenters. The molecular formula is C20H14F3N3O. The number of amides is 1. The van der Waals surface area contributed by atoms with E-state index in [4.69, 9.17) is 0 Å². The lowest BCUT2D eigenvalue weighted by Gasteiger charge is -2.12. The van der Waals surface area contributed by atoms with E-state index in [2.05, 4.69) is 5.32 Å². The summed E-state index contributed by atoms with van der Waals surface area (Å²) in [5.41, 5.74) is 0.549. The number of para-hydroxylation sites is 1. The summed E-state index contributed by atoms with van der Waals surface area (Å²) in [5.74, 6) is -0.544. The minimum Gasteiger partial charge on any atom is -0.347 e. The molecule has 2 aromatic carbocycles. The van der Waals surface area contributed by atoms with Gasteiger partial charge in [0.1, 0.15) is 11.8 Å². The van der Waals surface area contributed by atoms with Crippen molar-refractivity contribution in [2.75, 3.05) is 0 Å². The Morgan fingerprint density at radius 2 is 1.81 bits per heavy atom. The van der Waals surface area contributed by atoms with Gasteiger partial charge in [-0.15, -0.1) is 0 Å². The zero-order valence-corrected chi connectivity index (χ0v) is 14.0. The highest BCUT2D eigenvalue weighted by atomic mass is 19.4. The summed E-state index contributed by atoms with van der Waals surface area (Å²) in [6.45, 7) is -0.0897. The zero-order chi connectivity index (χ0) is 19.4. The molecule has 0 fully saturated rings. The van der Waals surface area contributed by atoms with Gasteiger partial charge in [-0.1, -0.05) is 30.3 Å². The van der Waals surface area contributed by atoms with Crippen LogP contribution >= 0.6 is 0 Å². The van der Waals surface area contributed by atoms with Gasteiger partial charge in [-0.2, -0.15) is 18.4 Å². The van der Waals surface area contributed by atoms with E-state index in [0.717, 1.165) is 12.1 Å². The maximum atomic E-state index is 12.8. The quantitative estimate of drug-likeness (QED) is 0.746. The first kappa shape index (κ1) is 18.3. The lowest BCUT2D eigenvalue weighted by Crippen LogP contribution is -2.26. The van der Waals surface area contributed by atoms with Crippen molar-refractivity contribution >= 4 is 5.91 Å². The Bertz CT molecular complexity index is 1000. The molecule has 0 saturated heterocycles. The largest absolute Gasteiger partial charge is 0.416 e. The third-order valence-corrected chi connectivity index (χ3v) is 3.96.